The minimum Gasteiger partial charge on any atom is -0.404 e. The fourth-order valence-electron chi connectivity index (χ4n) is 3.01. The maximum Gasteiger partial charge on any atom is 0.254 e. The van der Waals surface area contributed by atoms with Crippen molar-refractivity contribution in [1.82, 2.24) is 10.3 Å². The number of aryl methyl sites for hydroxylation is 2. The third-order valence-electron chi connectivity index (χ3n) is 4.65. The lowest BCUT2D eigenvalue weighted by molar-refractivity contribution is -0.117. The van der Waals surface area contributed by atoms with Gasteiger partial charge in [0.1, 0.15) is 0 Å². The summed E-state index contributed by atoms with van der Waals surface area (Å²) in [6.45, 7) is 7.80. The van der Waals surface area contributed by atoms with E-state index in [1.54, 1.807) is 6.92 Å². The second kappa shape index (κ2) is 9.33. The van der Waals surface area contributed by atoms with E-state index in [1.807, 2.05) is 19.9 Å². The zero-order valence-electron chi connectivity index (χ0n) is 15.7. The summed E-state index contributed by atoms with van der Waals surface area (Å²) in [5.41, 5.74) is 8.56. The van der Waals surface area contributed by atoms with Crippen LogP contribution in [0.3, 0.4) is 0 Å². The molecule has 1 aliphatic rings. The molecule has 2 rings (SSSR count). The smallest absolute Gasteiger partial charge is 0.254 e. The van der Waals surface area contributed by atoms with Gasteiger partial charge in [-0.25, -0.2) is 0 Å². The zero-order chi connectivity index (χ0) is 19.1. The minimum absolute atomic E-state index is 0.144. The van der Waals surface area contributed by atoms with Crippen LogP contribution in [0.25, 0.3) is 0 Å². The molecule has 0 saturated carbocycles. The maximum atomic E-state index is 12.5. The van der Waals surface area contributed by atoms with Gasteiger partial charge < -0.3 is 20.8 Å². The summed E-state index contributed by atoms with van der Waals surface area (Å²) in [5.74, 6) is 0.148. The van der Waals surface area contributed by atoms with Crippen molar-refractivity contribution in [2.75, 3.05) is 19.8 Å². The Morgan fingerprint density at radius 1 is 1.42 bits per heavy atom. The topological polar surface area (TPSA) is 110 Å². The SMILES string of the molecule is CC(=NCC1CCOCC1)C(=CN)C(=O)NCc1c(C)cc(C)[nH]c1=O. The van der Waals surface area contributed by atoms with Crippen LogP contribution in [0, 0.1) is 19.8 Å². The van der Waals surface area contributed by atoms with Gasteiger partial charge in [0.05, 0.1) is 5.57 Å². The maximum absolute atomic E-state index is 12.5. The van der Waals surface area contributed by atoms with Crippen molar-refractivity contribution in [2.24, 2.45) is 16.6 Å². The number of rotatable bonds is 6. The Balaban J connectivity index is 1.99. The summed E-state index contributed by atoms with van der Waals surface area (Å²) >= 11 is 0. The Labute approximate surface area is 153 Å². The first kappa shape index (κ1) is 19.9. The van der Waals surface area contributed by atoms with Gasteiger partial charge in [0.25, 0.3) is 11.5 Å². The van der Waals surface area contributed by atoms with E-state index in [1.165, 1.54) is 6.20 Å². The summed E-state index contributed by atoms with van der Waals surface area (Å²) in [6.07, 6.45) is 3.24. The number of hydrogen-bond donors (Lipinski definition) is 3. The predicted octanol–water partition coefficient (Wildman–Crippen LogP) is 1.34. The van der Waals surface area contributed by atoms with Crippen LogP contribution in [0.1, 0.15) is 36.6 Å². The van der Waals surface area contributed by atoms with Crippen molar-refractivity contribution in [3.05, 3.63) is 45.0 Å². The highest BCUT2D eigenvalue weighted by Gasteiger charge is 2.16. The minimum atomic E-state index is -0.333. The number of aromatic amines is 1. The molecule has 1 amide bonds. The van der Waals surface area contributed by atoms with Gasteiger partial charge in [-0.15, -0.1) is 0 Å². The van der Waals surface area contributed by atoms with Crippen molar-refractivity contribution in [3.63, 3.8) is 0 Å². The molecule has 1 aromatic heterocycles. The van der Waals surface area contributed by atoms with E-state index in [-0.39, 0.29) is 18.0 Å². The van der Waals surface area contributed by atoms with Gasteiger partial charge in [-0.05, 0) is 51.2 Å². The molecule has 0 spiro atoms. The van der Waals surface area contributed by atoms with Crippen LogP contribution in [0.4, 0.5) is 0 Å². The van der Waals surface area contributed by atoms with E-state index in [9.17, 15) is 9.59 Å². The molecule has 0 aliphatic carbocycles. The molecule has 7 nitrogen and oxygen atoms in total. The van der Waals surface area contributed by atoms with Crippen LogP contribution < -0.4 is 16.6 Å². The molecule has 7 heteroatoms. The third kappa shape index (κ3) is 5.29. The normalized spacial score (nSPS) is 16.6. The fourth-order valence-corrected chi connectivity index (χ4v) is 3.01. The van der Waals surface area contributed by atoms with Crippen LogP contribution >= 0.6 is 0 Å². The summed E-state index contributed by atoms with van der Waals surface area (Å²) in [4.78, 5) is 31.8. The lowest BCUT2D eigenvalue weighted by Crippen LogP contribution is -2.31. The number of pyridine rings is 1. The number of carbonyl (C=O) groups is 1. The standard InChI is InChI=1S/C19H28N4O3/c1-12-8-13(2)23-19(25)17(12)11-22-18(24)16(9-20)14(3)21-10-15-4-6-26-7-5-15/h8-9,15H,4-7,10-11,20H2,1-3H3,(H,22,24)(H,23,25). The number of H-pyrrole nitrogens is 1. The van der Waals surface area contributed by atoms with Gasteiger partial charge in [-0.2, -0.15) is 0 Å². The van der Waals surface area contributed by atoms with E-state index in [0.717, 1.165) is 37.3 Å². The Morgan fingerprint density at radius 2 is 2.12 bits per heavy atom. The van der Waals surface area contributed by atoms with Crippen molar-refractivity contribution in [1.29, 1.82) is 0 Å². The van der Waals surface area contributed by atoms with Gasteiger partial charge in [0.15, 0.2) is 0 Å². The number of nitrogens with two attached hydrogens (primary N) is 1. The van der Waals surface area contributed by atoms with Gasteiger partial charge in [0, 0.05) is 49.5 Å². The van der Waals surface area contributed by atoms with Crippen molar-refractivity contribution in [3.8, 4) is 0 Å². The average molecular weight is 360 g/mol. The number of carbonyl (C=O) groups excluding carboxylic acids is 1. The number of ether oxygens (including phenoxy) is 1. The summed E-state index contributed by atoms with van der Waals surface area (Å²) in [7, 11) is 0. The summed E-state index contributed by atoms with van der Waals surface area (Å²) in [6, 6.07) is 1.88. The highest BCUT2D eigenvalue weighted by atomic mass is 16.5. The molecule has 0 aromatic carbocycles. The molecule has 1 fully saturated rings. The number of nitrogens with one attached hydrogen (secondary N) is 2. The Morgan fingerprint density at radius 3 is 2.73 bits per heavy atom. The van der Waals surface area contributed by atoms with Crippen molar-refractivity contribution >= 4 is 11.6 Å². The second-order valence-electron chi connectivity index (χ2n) is 6.69. The number of amides is 1. The average Bonchev–Trinajstić information content (AvgIpc) is 2.60. The largest absolute Gasteiger partial charge is 0.404 e. The first-order chi connectivity index (χ1) is 12.4. The molecular weight excluding hydrogens is 332 g/mol. The lowest BCUT2D eigenvalue weighted by atomic mass is 10.0. The predicted molar refractivity (Wildman–Crippen MR) is 102 cm³/mol. The molecule has 1 saturated heterocycles. The molecule has 0 bridgehead atoms. The Kier molecular flexibility index (Phi) is 7.15. The molecule has 2 heterocycles. The van der Waals surface area contributed by atoms with E-state index < -0.39 is 0 Å². The van der Waals surface area contributed by atoms with Crippen LogP contribution in [0.15, 0.2) is 27.6 Å². The molecule has 1 aromatic rings. The highest BCUT2D eigenvalue weighted by Crippen LogP contribution is 2.15. The van der Waals surface area contributed by atoms with E-state index >= 15 is 0 Å². The summed E-state index contributed by atoms with van der Waals surface area (Å²) in [5, 5.41) is 2.76. The molecular formula is C19H28N4O3. The van der Waals surface area contributed by atoms with Gasteiger partial charge in [-0.3, -0.25) is 14.6 Å². The van der Waals surface area contributed by atoms with E-state index in [4.69, 9.17) is 10.5 Å². The highest BCUT2D eigenvalue weighted by molar-refractivity contribution is 6.20. The van der Waals surface area contributed by atoms with Crippen molar-refractivity contribution < 1.29 is 9.53 Å². The van der Waals surface area contributed by atoms with Gasteiger partial charge in [0.2, 0.25) is 0 Å². The number of nitrogens with zero attached hydrogens (tertiary/aromatic N) is 1. The number of hydrogen-bond acceptors (Lipinski definition) is 5. The Bertz CT molecular complexity index is 759. The van der Waals surface area contributed by atoms with Gasteiger partial charge >= 0.3 is 0 Å². The van der Waals surface area contributed by atoms with Crippen LogP contribution in [-0.4, -0.2) is 36.4 Å². The van der Waals surface area contributed by atoms with Crippen LogP contribution in [0.2, 0.25) is 0 Å². The number of aromatic nitrogens is 1. The van der Waals surface area contributed by atoms with Crippen LogP contribution in [-0.2, 0) is 16.1 Å². The molecule has 26 heavy (non-hydrogen) atoms. The third-order valence-corrected chi connectivity index (χ3v) is 4.65. The van der Waals surface area contributed by atoms with E-state index in [0.29, 0.717) is 29.3 Å². The number of aliphatic imine (C=N–C) groups is 1. The molecule has 0 unspecified atom stereocenters. The summed E-state index contributed by atoms with van der Waals surface area (Å²) < 4.78 is 5.34. The fraction of sp³-hybridized carbons (Fsp3) is 0.526. The quantitative estimate of drug-likeness (QED) is 0.525. The van der Waals surface area contributed by atoms with Crippen molar-refractivity contribution in [2.45, 2.75) is 40.2 Å². The monoisotopic (exact) mass is 360 g/mol. The van der Waals surface area contributed by atoms with E-state index in [2.05, 4.69) is 15.3 Å². The zero-order valence-corrected chi connectivity index (χ0v) is 15.7. The second-order valence-corrected chi connectivity index (χ2v) is 6.69. The van der Waals surface area contributed by atoms with Crippen LogP contribution in [0.5, 0.6) is 0 Å². The first-order valence-electron chi connectivity index (χ1n) is 8.91. The Hall–Kier alpha value is -2.41. The molecule has 0 radical (unpaired) electrons. The molecule has 4 N–H and O–H groups in total. The first-order valence-corrected chi connectivity index (χ1v) is 8.91. The van der Waals surface area contributed by atoms with Gasteiger partial charge in [-0.1, -0.05) is 0 Å². The lowest BCUT2D eigenvalue weighted by Gasteiger charge is -2.20. The molecule has 142 valence electrons. The molecule has 1 aliphatic heterocycles. The molecule has 0 atom stereocenters.